The molecule has 0 saturated carbocycles. The van der Waals surface area contributed by atoms with E-state index in [-0.39, 0.29) is 18.0 Å². The Hall–Kier alpha value is -2.04. The summed E-state index contributed by atoms with van der Waals surface area (Å²) in [6.45, 7) is 6.12. The number of halogens is 1. The van der Waals surface area contributed by atoms with E-state index in [9.17, 15) is 4.79 Å². The van der Waals surface area contributed by atoms with Crippen LogP contribution in [0.5, 0.6) is 5.75 Å². The van der Waals surface area contributed by atoms with E-state index in [1.807, 2.05) is 25.1 Å². The average molecular weight is 361 g/mol. The van der Waals surface area contributed by atoms with Crippen LogP contribution in [0.15, 0.2) is 48.5 Å². The van der Waals surface area contributed by atoms with Crippen LogP contribution in [-0.4, -0.2) is 19.1 Å². The standard InChI is InChI=1S/C20H25ClN2O2/c1-13(2)19(15-8-6-5-7-9-15)22-14(3)20(24)23-17-12-16(21)10-11-18(17)25-4/h5-14,19,22H,1-4H3,(H,23,24)/t14-,19+/m1/s1. The van der Waals surface area contributed by atoms with E-state index in [4.69, 9.17) is 16.3 Å². The molecule has 0 saturated heterocycles. The van der Waals surface area contributed by atoms with E-state index < -0.39 is 0 Å². The minimum atomic E-state index is -0.378. The van der Waals surface area contributed by atoms with Gasteiger partial charge in [0.15, 0.2) is 0 Å². The van der Waals surface area contributed by atoms with Crippen LogP contribution >= 0.6 is 11.6 Å². The molecular weight excluding hydrogens is 336 g/mol. The van der Waals surface area contributed by atoms with Crippen LogP contribution < -0.4 is 15.4 Å². The molecule has 2 rings (SSSR count). The van der Waals surface area contributed by atoms with Gasteiger partial charge in [-0.05, 0) is 36.6 Å². The van der Waals surface area contributed by atoms with Crippen molar-refractivity contribution in [1.29, 1.82) is 0 Å². The summed E-state index contributed by atoms with van der Waals surface area (Å²) in [6, 6.07) is 15.0. The molecule has 0 bridgehead atoms. The summed E-state index contributed by atoms with van der Waals surface area (Å²) < 4.78 is 5.28. The zero-order valence-electron chi connectivity index (χ0n) is 15.0. The lowest BCUT2D eigenvalue weighted by Gasteiger charge is -2.26. The number of ether oxygens (including phenoxy) is 1. The Balaban J connectivity index is 2.10. The number of anilines is 1. The minimum Gasteiger partial charge on any atom is -0.495 e. The molecule has 0 spiro atoms. The van der Waals surface area contributed by atoms with Crippen LogP contribution in [0, 0.1) is 5.92 Å². The van der Waals surface area contributed by atoms with E-state index in [0.29, 0.717) is 22.4 Å². The molecule has 2 atom stereocenters. The van der Waals surface area contributed by atoms with Crippen molar-refractivity contribution in [2.75, 3.05) is 12.4 Å². The quantitative estimate of drug-likeness (QED) is 0.754. The van der Waals surface area contributed by atoms with E-state index >= 15 is 0 Å². The average Bonchev–Trinajstić information content (AvgIpc) is 2.60. The van der Waals surface area contributed by atoms with Gasteiger partial charge in [0.2, 0.25) is 5.91 Å². The fraction of sp³-hybridized carbons (Fsp3) is 0.350. The van der Waals surface area contributed by atoms with Gasteiger partial charge in [-0.2, -0.15) is 0 Å². The van der Waals surface area contributed by atoms with E-state index in [1.54, 1.807) is 25.3 Å². The highest BCUT2D eigenvalue weighted by atomic mass is 35.5. The molecule has 0 aliphatic carbocycles. The Morgan fingerprint density at radius 1 is 1.08 bits per heavy atom. The molecule has 5 heteroatoms. The summed E-state index contributed by atoms with van der Waals surface area (Å²) in [5, 5.41) is 6.85. The molecule has 4 nitrogen and oxygen atoms in total. The van der Waals surface area contributed by atoms with Gasteiger partial charge in [-0.15, -0.1) is 0 Å². The van der Waals surface area contributed by atoms with Crippen molar-refractivity contribution in [1.82, 2.24) is 5.32 Å². The second-order valence-corrected chi connectivity index (χ2v) is 6.79. The summed E-state index contributed by atoms with van der Waals surface area (Å²) in [6.07, 6.45) is 0. The number of carbonyl (C=O) groups excluding carboxylic acids is 1. The van der Waals surface area contributed by atoms with Gasteiger partial charge in [0.25, 0.3) is 0 Å². The number of nitrogens with one attached hydrogen (secondary N) is 2. The first-order valence-corrected chi connectivity index (χ1v) is 8.75. The summed E-state index contributed by atoms with van der Waals surface area (Å²) in [7, 11) is 1.56. The van der Waals surface area contributed by atoms with Gasteiger partial charge in [-0.25, -0.2) is 0 Å². The maximum atomic E-state index is 12.6. The summed E-state index contributed by atoms with van der Waals surface area (Å²) in [5.74, 6) is 0.786. The largest absolute Gasteiger partial charge is 0.495 e. The number of carbonyl (C=O) groups is 1. The molecule has 0 fully saturated rings. The third-order valence-corrected chi connectivity index (χ3v) is 4.30. The van der Waals surface area contributed by atoms with Crippen molar-refractivity contribution in [2.24, 2.45) is 5.92 Å². The smallest absolute Gasteiger partial charge is 0.241 e. The fourth-order valence-electron chi connectivity index (χ4n) is 2.70. The van der Waals surface area contributed by atoms with Crippen molar-refractivity contribution >= 4 is 23.2 Å². The lowest BCUT2D eigenvalue weighted by atomic mass is 9.95. The molecule has 0 heterocycles. The molecule has 2 N–H and O–H groups in total. The number of hydrogen-bond acceptors (Lipinski definition) is 3. The third kappa shape index (κ3) is 5.21. The first-order chi connectivity index (χ1) is 11.9. The van der Waals surface area contributed by atoms with Gasteiger partial charge in [-0.1, -0.05) is 55.8 Å². The number of rotatable bonds is 7. The summed E-state index contributed by atoms with van der Waals surface area (Å²) >= 11 is 6.02. The highest BCUT2D eigenvalue weighted by Crippen LogP contribution is 2.28. The topological polar surface area (TPSA) is 50.4 Å². The Bertz CT molecular complexity index is 704. The third-order valence-electron chi connectivity index (χ3n) is 4.07. The Kier molecular flexibility index (Phi) is 6.85. The van der Waals surface area contributed by atoms with Gasteiger partial charge in [0.1, 0.15) is 5.75 Å². The van der Waals surface area contributed by atoms with Gasteiger partial charge >= 0.3 is 0 Å². The van der Waals surface area contributed by atoms with Crippen molar-refractivity contribution < 1.29 is 9.53 Å². The van der Waals surface area contributed by atoms with Crippen LogP contribution in [-0.2, 0) is 4.79 Å². The molecule has 0 radical (unpaired) electrons. The fourth-order valence-corrected chi connectivity index (χ4v) is 2.87. The van der Waals surface area contributed by atoms with E-state index in [0.717, 1.165) is 5.56 Å². The van der Waals surface area contributed by atoms with Gasteiger partial charge in [0.05, 0.1) is 18.8 Å². The van der Waals surface area contributed by atoms with Crippen LogP contribution in [0.4, 0.5) is 5.69 Å². The van der Waals surface area contributed by atoms with E-state index in [2.05, 4.69) is 36.6 Å². The number of amides is 1. The van der Waals surface area contributed by atoms with Crippen LogP contribution in [0.1, 0.15) is 32.4 Å². The highest BCUT2D eigenvalue weighted by molar-refractivity contribution is 6.31. The van der Waals surface area contributed by atoms with E-state index in [1.165, 1.54) is 0 Å². The molecule has 2 aromatic carbocycles. The van der Waals surface area contributed by atoms with Gasteiger partial charge in [-0.3, -0.25) is 10.1 Å². The molecular formula is C20H25ClN2O2. The Labute approximate surface area is 154 Å². The molecule has 0 aliphatic heterocycles. The molecule has 0 aliphatic rings. The minimum absolute atomic E-state index is 0.0863. The maximum Gasteiger partial charge on any atom is 0.241 e. The van der Waals surface area contributed by atoms with Crippen LogP contribution in [0.2, 0.25) is 5.02 Å². The second kappa shape index (κ2) is 8.88. The van der Waals surface area contributed by atoms with Crippen molar-refractivity contribution in [3.8, 4) is 5.75 Å². The lowest BCUT2D eigenvalue weighted by Crippen LogP contribution is -2.41. The van der Waals surface area contributed by atoms with Gasteiger partial charge in [0, 0.05) is 11.1 Å². The Morgan fingerprint density at radius 3 is 2.36 bits per heavy atom. The lowest BCUT2D eigenvalue weighted by molar-refractivity contribution is -0.118. The summed E-state index contributed by atoms with van der Waals surface area (Å²) in [5.41, 5.74) is 1.73. The summed E-state index contributed by atoms with van der Waals surface area (Å²) in [4.78, 5) is 12.6. The predicted molar refractivity (Wildman–Crippen MR) is 103 cm³/mol. The van der Waals surface area contributed by atoms with Crippen LogP contribution in [0.25, 0.3) is 0 Å². The Morgan fingerprint density at radius 2 is 1.76 bits per heavy atom. The van der Waals surface area contributed by atoms with Crippen molar-refractivity contribution in [2.45, 2.75) is 32.9 Å². The van der Waals surface area contributed by atoms with Gasteiger partial charge < -0.3 is 10.1 Å². The molecule has 25 heavy (non-hydrogen) atoms. The molecule has 0 aromatic heterocycles. The zero-order chi connectivity index (χ0) is 18.4. The normalized spacial score (nSPS) is 13.4. The second-order valence-electron chi connectivity index (χ2n) is 6.35. The molecule has 134 valence electrons. The monoisotopic (exact) mass is 360 g/mol. The number of benzene rings is 2. The highest BCUT2D eigenvalue weighted by Gasteiger charge is 2.22. The van der Waals surface area contributed by atoms with Crippen LogP contribution in [0.3, 0.4) is 0 Å². The molecule has 0 unspecified atom stereocenters. The van der Waals surface area contributed by atoms with Crippen molar-refractivity contribution in [3.05, 3.63) is 59.1 Å². The molecule has 2 aromatic rings. The number of hydrogen-bond donors (Lipinski definition) is 2. The zero-order valence-corrected chi connectivity index (χ0v) is 15.8. The van der Waals surface area contributed by atoms with Crippen molar-refractivity contribution in [3.63, 3.8) is 0 Å². The maximum absolute atomic E-state index is 12.6. The number of methoxy groups -OCH3 is 1. The first-order valence-electron chi connectivity index (χ1n) is 8.37. The SMILES string of the molecule is COc1ccc(Cl)cc1NC(=O)[C@@H](C)N[C@H](c1ccccc1)C(C)C. The molecule has 1 amide bonds. The predicted octanol–water partition coefficient (Wildman–Crippen LogP) is 4.66. The first kappa shape index (κ1) is 19.3.